The van der Waals surface area contributed by atoms with Crippen molar-refractivity contribution in [3.8, 4) is 11.8 Å². The highest BCUT2D eigenvalue weighted by Gasteiger charge is 2.04. The first-order valence-electron chi connectivity index (χ1n) is 3.77. The molecule has 0 aliphatic heterocycles. The van der Waals surface area contributed by atoms with Gasteiger partial charge in [0.05, 0.1) is 4.90 Å². The molecule has 0 heterocycles. The standard InChI is InChI=1S/C10H10O2S/c1-3-4-9-5-7-10(8-6-9)13(2,11)12/h5-8H,1-2H3. The smallest absolute Gasteiger partial charge is 0.175 e. The summed E-state index contributed by atoms with van der Waals surface area (Å²) in [5, 5.41) is 0. The highest BCUT2D eigenvalue weighted by Crippen LogP contribution is 2.09. The molecule has 0 aliphatic rings. The van der Waals surface area contributed by atoms with Gasteiger partial charge in [-0.15, -0.1) is 5.92 Å². The van der Waals surface area contributed by atoms with Gasteiger partial charge in [-0.3, -0.25) is 0 Å². The van der Waals surface area contributed by atoms with Gasteiger partial charge in [0.25, 0.3) is 0 Å². The molecule has 0 bridgehead atoms. The second-order valence-electron chi connectivity index (χ2n) is 2.67. The summed E-state index contributed by atoms with van der Waals surface area (Å²) in [6, 6.07) is 6.53. The molecule has 13 heavy (non-hydrogen) atoms. The highest BCUT2D eigenvalue weighted by molar-refractivity contribution is 7.90. The molecule has 0 saturated heterocycles. The molecule has 0 unspecified atom stereocenters. The molecule has 0 spiro atoms. The summed E-state index contributed by atoms with van der Waals surface area (Å²) < 4.78 is 22.1. The van der Waals surface area contributed by atoms with E-state index in [9.17, 15) is 8.42 Å². The molecule has 0 atom stereocenters. The molecule has 0 N–H and O–H groups in total. The van der Waals surface area contributed by atoms with Crippen molar-refractivity contribution in [3.05, 3.63) is 29.8 Å². The first-order chi connectivity index (χ1) is 6.04. The van der Waals surface area contributed by atoms with E-state index in [1.54, 1.807) is 31.2 Å². The second-order valence-corrected chi connectivity index (χ2v) is 4.69. The average molecular weight is 194 g/mol. The SMILES string of the molecule is CC#Cc1ccc(S(C)(=O)=O)cc1. The third kappa shape index (κ3) is 2.60. The zero-order valence-corrected chi connectivity index (χ0v) is 8.35. The fourth-order valence-electron chi connectivity index (χ4n) is 0.930. The summed E-state index contributed by atoms with van der Waals surface area (Å²) in [5.41, 5.74) is 0.829. The fourth-order valence-corrected chi connectivity index (χ4v) is 1.56. The van der Waals surface area contributed by atoms with E-state index in [4.69, 9.17) is 0 Å². The average Bonchev–Trinajstić information content (AvgIpc) is 2.04. The van der Waals surface area contributed by atoms with Crippen LogP contribution in [-0.4, -0.2) is 14.7 Å². The molecule has 0 saturated carbocycles. The quantitative estimate of drug-likeness (QED) is 0.634. The Bertz CT molecular complexity index is 444. The second kappa shape index (κ2) is 3.63. The fraction of sp³-hybridized carbons (Fsp3) is 0.200. The molecule has 0 radical (unpaired) electrons. The lowest BCUT2D eigenvalue weighted by molar-refractivity contribution is 0.602. The third-order valence-electron chi connectivity index (χ3n) is 1.55. The van der Waals surface area contributed by atoms with Crippen LogP contribution in [-0.2, 0) is 9.84 Å². The number of hydrogen-bond acceptors (Lipinski definition) is 2. The predicted molar refractivity (Wildman–Crippen MR) is 52.1 cm³/mol. The van der Waals surface area contributed by atoms with Crippen LogP contribution in [0.15, 0.2) is 29.2 Å². The zero-order chi connectivity index (χ0) is 9.90. The number of benzene rings is 1. The summed E-state index contributed by atoms with van der Waals surface area (Å²) in [4.78, 5) is 0.328. The summed E-state index contributed by atoms with van der Waals surface area (Å²) in [5.74, 6) is 5.58. The minimum atomic E-state index is -3.08. The van der Waals surface area contributed by atoms with Crippen molar-refractivity contribution in [1.82, 2.24) is 0 Å². The Labute approximate surface area is 78.5 Å². The van der Waals surface area contributed by atoms with E-state index in [-0.39, 0.29) is 0 Å². The van der Waals surface area contributed by atoms with Gasteiger partial charge in [-0.05, 0) is 31.2 Å². The van der Waals surface area contributed by atoms with Gasteiger partial charge in [0, 0.05) is 11.8 Å². The number of hydrogen-bond donors (Lipinski definition) is 0. The monoisotopic (exact) mass is 194 g/mol. The maximum atomic E-state index is 11.1. The van der Waals surface area contributed by atoms with Crippen molar-refractivity contribution in [2.24, 2.45) is 0 Å². The van der Waals surface area contributed by atoms with Crippen LogP contribution in [0.2, 0.25) is 0 Å². The van der Waals surface area contributed by atoms with E-state index in [1.165, 1.54) is 6.26 Å². The third-order valence-corrected chi connectivity index (χ3v) is 2.68. The lowest BCUT2D eigenvalue weighted by atomic mass is 10.2. The van der Waals surface area contributed by atoms with Gasteiger partial charge in [0.15, 0.2) is 9.84 Å². The molecular weight excluding hydrogens is 184 g/mol. The van der Waals surface area contributed by atoms with Crippen LogP contribution in [0.5, 0.6) is 0 Å². The Morgan fingerprint density at radius 2 is 1.69 bits per heavy atom. The van der Waals surface area contributed by atoms with Gasteiger partial charge in [-0.1, -0.05) is 5.92 Å². The molecule has 0 aromatic heterocycles. The van der Waals surface area contributed by atoms with Crippen molar-refractivity contribution >= 4 is 9.84 Å². The van der Waals surface area contributed by atoms with E-state index < -0.39 is 9.84 Å². The van der Waals surface area contributed by atoms with Crippen LogP contribution < -0.4 is 0 Å². The van der Waals surface area contributed by atoms with E-state index in [0.717, 1.165) is 5.56 Å². The van der Waals surface area contributed by atoms with Gasteiger partial charge in [-0.25, -0.2) is 8.42 Å². The summed E-state index contributed by atoms with van der Waals surface area (Å²) in [7, 11) is -3.08. The van der Waals surface area contributed by atoms with Gasteiger partial charge in [-0.2, -0.15) is 0 Å². The molecular formula is C10H10O2S. The molecule has 1 aromatic rings. The minimum Gasteiger partial charge on any atom is -0.224 e. The van der Waals surface area contributed by atoms with Crippen LogP contribution in [0.3, 0.4) is 0 Å². The first-order valence-corrected chi connectivity index (χ1v) is 5.66. The summed E-state index contributed by atoms with van der Waals surface area (Å²) in [6.07, 6.45) is 1.19. The Morgan fingerprint density at radius 3 is 2.08 bits per heavy atom. The minimum absolute atomic E-state index is 0.328. The first kappa shape index (κ1) is 9.82. The molecule has 68 valence electrons. The predicted octanol–water partition coefficient (Wildman–Crippen LogP) is 1.46. The zero-order valence-electron chi connectivity index (χ0n) is 7.53. The van der Waals surface area contributed by atoms with E-state index >= 15 is 0 Å². The van der Waals surface area contributed by atoms with E-state index in [1.807, 2.05) is 0 Å². The number of sulfone groups is 1. The van der Waals surface area contributed by atoms with Gasteiger partial charge < -0.3 is 0 Å². The van der Waals surface area contributed by atoms with Gasteiger partial charge in [0.2, 0.25) is 0 Å². The van der Waals surface area contributed by atoms with Crippen molar-refractivity contribution in [2.45, 2.75) is 11.8 Å². The molecule has 1 rings (SSSR count). The van der Waals surface area contributed by atoms with Crippen molar-refractivity contribution in [1.29, 1.82) is 0 Å². The van der Waals surface area contributed by atoms with E-state index in [2.05, 4.69) is 11.8 Å². The topological polar surface area (TPSA) is 34.1 Å². The van der Waals surface area contributed by atoms with E-state index in [0.29, 0.717) is 4.90 Å². The van der Waals surface area contributed by atoms with Crippen molar-refractivity contribution < 1.29 is 8.42 Å². The van der Waals surface area contributed by atoms with Gasteiger partial charge >= 0.3 is 0 Å². The largest absolute Gasteiger partial charge is 0.224 e. The Hall–Kier alpha value is -1.27. The van der Waals surface area contributed by atoms with Crippen LogP contribution in [0.25, 0.3) is 0 Å². The number of rotatable bonds is 1. The maximum Gasteiger partial charge on any atom is 0.175 e. The van der Waals surface area contributed by atoms with Crippen LogP contribution in [0.4, 0.5) is 0 Å². The van der Waals surface area contributed by atoms with Crippen molar-refractivity contribution in [2.75, 3.05) is 6.26 Å². The molecule has 2 nitrogen and oxygen atoms in total. The summed E-state index contributed by atoms with van der Waals surface area (Å²) in [6.45, 7) is 1.74. The van der Waals surface area contributed by atoms with Crippen LogP contribution >= 0.6 is 0 Å². The Morgan fingerprint density at radius 1 is 1.15 bits per heavy atom. The summed E-state index contributed by atoms with van der Waals surface area (Å²) >= 11 is 0. The van der Waals surface area contributed by atoms with Crippen LogP contribution in [0, 0.1) is 11.8 Å². The molecule has 0 amide bonds. The lowest BCUT2D eigenvalue weighted by Crippen LogP contribution is -1.96. The Balaban J connectivity index is 3.13. The highest BCUT2D eigenvalue weighted by atomic mass is 32.2. The Kier molecular flexibility index (Phi) is 2.74. The molecule has 3 heteroatoms. The maximum absolute atomic E-state index is 11.1. The lowest BCUT2D eigenvalue weighted by Gasteiger charge is -1.96. The van der Waals surface area contributed by atoms with Crippen molar-refractivity contribution in [3.63, 3.8) is 0 Å². The normalized spacial score (nSPS) is 10.3. The molecule has 0 fully saturated rings. The molecule has 1 aromatic carbocycles. The van der Waals surface area contributed by atoms with Gasteiger partial charge in [0.1, 0.15) is 0 Å². The molecule has 0 aliphatic carbocycles. The van der Waals surface area contributed by atoms with Crippen LogP contribution in [0.1, 0.15) is 12.5 Å².